The summed E-state index contributed by atoms with van der Waals surface area (Å²) >= 11 is 3.57. The van der Waals surface area contributed by atoms with Crippen LogP contribution in [0.3, 0.4) is 0 Å². The van der Waals surface area contributed by atoms with E-state index in [1.54, 1.807) is 12.1 Å². The molecule has 0 saturated heterocycles. The van der Waals surface area contributed by atoms with Gasteiger partial charge in [0, 0.05) is 0 Å². The standard InChI is InChI=1S/C18H18BrNO/c1-18(2,3)15-8-9-17(16(19)10-15)21-12-14-6-4-13(11-20)5-7-14/h4-10H,12H2,1-3H3. The van der Waals surface area contributed by atoms with Crippen LogP contribution >= 0.6 is 15.9 Å². The average molecular weight is 344 g/mol. The van der Waals surface area contributed by atoms with Crippen molar-refractivity contribution in [2.45, 2.75) is 32.8 Å². The minimum absolute atomic E-state index is 0.119. The van der Waals surface area contributed by atoms with Gasteiger partial charge in [0.25, 0.3) is 0 Å². The number of halogens is 1. The second-order valence-corrected chi connectivity index (χ2v) is 6.85. The Kier molecular flexibility index (Phi) is 4.69. The summed E-state index contributed by atoms with van der Waals surface area (Å²) in [6.07, 6.45) is 0. The number of nitriles is 1. The van der Waals surface area contributed by atoms with Gasteiger partial charge in [0.2, 0.25) is 0 Å². The van der Waals surface area contributed by atoms with Crippen molar-refractivity contribution in [1.82, 2.24) is 0 Å². The normalized spacial score (nSPS) is 11.0. The first-order chi connectivity index (χ1) is 9.90. The molecule has 108 valence electrons. The van der Waals surface area contributed by atoms with E-state index in [1.165, 1.54) is 5.56 Å². The molecular formula is C18H18BrNO. The van der Waals surface area contributed by atoms with Gasteiger partial charge in [0.05, 0.1) is 16.1 Å². The molecule has 0 aliphatic carbocycles. The summed E-state index contributed by atoms with van der Waals surface area (Å²) in [5, 5.41) is 8.78. The van der Waals surface area contributed by atoms with Gasteiger partial charge in [-0.3, -0.25) is 0 Å². The van der Waals surface area contributed by atoms with E-state index >= 15 is 0 Å². The predicted molar refractivity (Wildman–Crippen MR) is 88.3 cm³/mol. The van der Waals surface area contributed by atoms with Gasteiger partial charge < -0.3 is 4.74 Å². The number of benzene rings is 2. The summed E-state index contributed by atoms with van der Waals surface area (Å²) < 4.78 is 6.80. The van der Waals surface area contributed by atoms with E-state index in [-0.39, 0.29) is 5.41 Å². The van der Waals surface area contributed by atoms with E-state index in [4.69, 9.17) is 10.00 Å². The number of hydrogen-bond donors (Lipinski definition) is 0. The minimum Gasteiger partial charge on any atom is -0.488 e. The van der Waals surface area contributed by atoms with Crippen LogP contribution in [0, 0.1) is 11.3 Å². The van der Waals surface area contributed by atoms with Crippen molar-refractivity contribution in [2.75, 3.05) is 0 Å². The Balaban J connectivity index is 2.08. The third-order valence-electron chi connectivity index (χ3n) is 3.28. The second kappa shape index (κ2) is 6.32. The molecule has 3 heteroatoms. The molecule has 2 nitrogen and oxygen atoms in total. The van der Waals surface area contributed by atoms with Crippen LogP contribution in [0.2, 0.25) is 0 Å². The quantitative estimate of drug-likeness (QED) is 0.767. The van der Waals surface area contributed by atoms with Crippen LogP contribution < -0.4 is 4.74 Å². The van der Waals surface area contributed by atoms with Gasteiger partial charge in [-0.2, -0.15) is 5.26 Å². The van der Waals surface area contributed by atoms with E-state index in [0.717, 1.165) is 15.8 Å². The Labute approximate surface area is 134 Å². The molecule has 0 aliphatic heterocycles. The zero-order chi connectivity index (χ0) is 15.5. The lowest BCUT2D eigenvalue weighted by Crippen LogP contribution is -2.11. The fraction of sp³-hybridized carbons (Fsp3) is 0.278. The lowest BCUT2D eigenvalue weighted by Gasteiger charge is -2.20. The molecule has 2 aromatic rings. The Morgan fingerprint density at radius 2 is 1.76 bits per heavy atom. The summed E-state index contributed by atoms with van der Waals surface area (Å²) in [5.74, 6) is 0.826. The SMILES string of the molecule is CC(C)(C)c1ccc(OCc2ccc(C#N)cc2)c(Br)c1. The lowest BCUT2D eigenvalue weighted by atomic mass is 9.87. The summed E-state index contributed by atoms with van der Waals surface area (Å²) in [5.41, 5.74) is 3.09. The third-order valence-corrected chi connectivity index (χ3v) is 3.89. The Morgan fingerprint density at radius 3 is 2.29 bits per heavy atom. The van der Waals surface area contributed by atoms with Crippen molar-refractivity contribution in [3.8, 4) is 11.8 Å². The lowest BCUT2D eigenvalue weighted by molar-refractivity contribution is 0.304. The van der Waals surface area contributed by atoms with Crippen molar-refractivity contribution in [2.24, 2.45) is 0 Å². The zero-order valence-corrected chi connectivity index (χ0v) is 14.1. The number of nitrogens with zero attached hydrogens (tertiary/aromatic N) is 1. The number of rotatable bonds is 3. The molecule has 2 aromatic carbocycles. The fourth-order valence-electron chi connectivity index (χ4n) is 1.92. The molecular weight excluding hydrogens is 326 g/mol. The van der Waals surface area contributed by atoms with Gasteiger partial charge in [0.15, 0.2) is 0 Å². The van der Waals surface area contributed by atoms with Crippen LogP contribution in [0.5, 0.6) is 5.75 Å². The molecule has 0 amide bonds. The van der Waals surface area contributed by atoms with Gasteiger partial charge in [-0.1, -0.05) is 39.0 Å². The van der Waals surface area contributed by atoms with Gasteiger partial charge in [-0.05, 0) is 56.7 Å². The average Bonchev–Trinajstić information content (AvgIpc) is 2.45. The predicted octanol–water partition coefficient (Wildman–Crippen LogP) is 5.20. The topological polar surface area (TPSA) is 33.0 Å². The maximum Gasteiger partial charge on any atom is 0.134 e. The van der Waals surface area contributed by atoms with Crippen LogP contribution in [0.4, 0.5) is 0 Å². The Bertz CT molecular complexity index is 663. The highest BCUT2D eigenvalue weighted by molar-refractivity contribution is 9.10. The molecule has 2 rings (SSSR count). The molecule has 0 fully saturated rings. The van der Waals surface area contributed by atoms with Crippen LogP contribution in [0.15, 0.2) is 46.9 Å². The highest BCUT2D eigenvalue weighted by Crippen LogP contribution is 2.31. The molecule has 0 spiro atoms. The summed E-state index contributed by atoms with van der Waals surface area (Å²) in [4.78, 5) is 0. The van der Waals surface area contributed by atoms with Crippen molar-refractivity contribution < 1.29 is 4.74 Å². The highest BCUT2D eigenvalue weighted by Gasteiger charge is 2.15. The van der Waals surface area contributed by atoms with Gasteiger partial charge in [-0.15, -0.1) is 0 Å². The van der Waals surface area contributed by atoms with Crippen LogP contribution in [-0.4, -0.2) is 0 Å². The monoisotopic (exact) mass is 343 g/mol. The first kappa shape index (κ1) is 15.6. The van der Waals surface area contributed by atoms with Crippen molar-refractivity contribution in [3.63, 3.8) is 0 Å². The minimum atomic E-state index is 0.119. The molecule has 0 aromatic heterocycles. The molecule has 0 radical (unpaired) electrons. The van der Waals surface area contributed by atoms with Crippen LogP contribution in [-0.2, 0) is 12.0 Å². The largest absolute Gasteiger partial charge is 0.488 e. The fourth-order valence-corrected chi connectivity index (χ4v) is 2.41. The van der Waals surface area contributed by atoms with E-state index in [1.807, 2.05) is 18.2 Å². The summed E-state index contributed by atoms with van der Waals surface area (Å²) in [6, 6.07) is 15.7. The molecule has 0 atom stereocenters. The Morgan fingerprint density at radius 1 is 1.10 bits per heavy atom. The van der Waals surface area contributed by atoms with Gasteiger partial charge in [-0.25, -0.2) is 0 Å². The maximum absolute atomic E-state index is 8.78. The summed E-state index contributed by atoms with van der Waals surface area (Å²) in [7, 11) is 0. The smallest absolute Gasteiger partial charge is 0.134 e. The van der Waals surface area contributed by atoms with E-state index in [9.17, 15) is 0 Å². The molecule has 0 bridgehead atoms. The maximum atomic E-state index is 8.78. The summed E-state index contributed by atoms with van der Waals surface area (Å²) in [6.45, 7) is 7.04. The van der Waals surface area contributed by atoms with Crippen LogP contribution in [0.1, 0.15) is 37.5 Å². The zero-order valence-electron chi connectivity index (χ0n) is 12.5. The van der Waals surface area contributed by atoms with Crippen molar-refractivity contribution in [1.29, 1.82) is 5.26 Å². The molecule has 0 heterocycles. The van der Waals surface area contributed by atoms with Crippen molar-refractivity contribution >= 4 is 15.9 Å². The van der Waals surface area contributed by atoms with Crippen molar-refractivity contribution in [3.05, 3.63) is 63.6 Å². The number of hydrogen-bond acceptors (Lipinski definition) is 2. The van der Waals surface area contributed by atoms with Crippen LogP contribution in [0.25, 0.3) is 0 Å². The third kappa shape index (κ3) is 4.09. The van der Waals surface area contributed by atoms with E-state index < -0.39 is 0 Å². The van der Waals surface area contributed by atoms with E-state index in [0.29, 0.717) is 12.2 Å². The molecule has 0 aliphatic rings. The van der Waals surface area contributed by atoms with Gasteiger partial charge >= 0.3 is 0 Å². The molecule has 21 heavy (non-hydrogen) atoms. The second-order valence-electron chi connectivity index (χ2n) is 5.99. The first-order valence-corrected chi connectivity index (χ1v) is 7.61. The first-order valence-electron chi connectivity index (χ1n) is 6.82. The van der Waals surface area contributed by atoms with Gasteiger partial charge in [0.1, 0.15) is 12.4 Å². The van der Waals surface area contributed by atoms with E-state index in [2.05, 4.69) is 54.9 Å². The Hall–Kier alpha value is -1.79. The number of ether oxygens (including phenoxy) is 1. The molecule has 0 saturated carbocycles. The highest BCUT2D eigenvalue weighted by atomic mass is 79.9. The molecule has 0 unspecified atom stereocenters. The molecule has 0 N–H and O–H groups in total.